The number of hydrogen-bond acceptors (Lipinski definition) is 0. The summed E-state index contributed by atoms with van der Waals surface area (Å²) in [5.41, 5.74) is 0. The normalized spacial score (nSPS) is 9.83. The third kappa shape index (κ3) is 4.72. The Kier molecular flexibility index (Phi) is 7.81. The molecule has 0 aromatic heterocycles. The van der Waals surface area contributed by atoms with Gasteiger partial charge in [0.2, 0.25) is 0 Å². The van der Waals surface area contributed by atoms with Crippen molar-refractivity contribution in [2.24, 2.45) is 0 Å². The zero-order valence-electron chi connectivity index (χ0n) is 10.1. The minimum atomic E-state index is -2.17. The Morgan fingerprint density at radius 2 is 0.522 bits per heavy atom. The van der Waals surface area contributed by atoms with Gasteiger partial charge in [-0.1, -0.05) is 0 Å². The average Bonchev–Trinajstić information content (AvgIpc) is 2.47. The summed E-state index contributed by atoms with van der Waals surface area (Å²) < 4.78 is 120. The van der Waals surface area contributed by atoms with Crippen LogP contribution in [0, 0.1) is 70.3 Å². The first kappa shape index (κ1) is 21.5. The van der Waals surface area contributed by atoms with Crippen LogP contribution in [0.2, 0.25) is 0 Å². The van der Waals surface area contributed by atoms with Crippen LogP contribution in [0.5, 0.6) is 0 Å². The van der Waals surface area contributed by atoms with Crippen LogP contribution in [0.25, 0.3) is 0 Å². The van der Waals surface area contributed by atoms with Gasteiger partial charge in [-0.2, -0.15) is 0 Å². The van der Waals surface area contributed by atoms with Crippen molar-refractivity contribution in [1.29, 1.82) is 0 Å². The fourth-order valence-electron chi connectivity index (χ4n) is 0.990. The monoisotopic (exact) mass is 531 g/mol. The molecule has 0 heterocycles. The Labute approximate surface area is 137 Å². The van der Waals surface area contributed by atoms with Crippen molar-refractivity contribution >= 4 is 0 Å². The molecule has 0 aliphatic heterocycles. The molecule has 0 nitrogen and oxygen atoms in total. The van der Waals surface area contributed by atoms with E-state index in [1.165, 1.54) is 0 Å². The number of benzene rings is 2. The smallest absolute Gasteiger partial charge is 0.0893 e. The van der Waals surface area contributed by atoms with Crippen LogP contribution < -0.4 is 0 Å². The summed E-state index contributed by atoms with van der Waals surface area (Å²) in [6.45, 7) is 0. The first-order valence-corrected chi connectivity index (χ1v) is 4.89. The topological polar surface area (TPSA) is 0 Å². The van der Waals surface area contributed by atoms with Crippen molar-refractivity contribution in [3.05, 3.63) is 70.3 Å². The molecule has 0 saturated heterocycles. The molecule has 11 heteroatoms. The molecule has 0 N–H and O–H groups in total. The van der Waals surface area contributed by atoms with Crippen molar-refractivity contribution in [3.8, 4) is 0 Å². The molecule has 2 rings (SSSR count). The number of halogens is 10. The average molecular weight is 531 g/mol. The van der Waals surface area contributed by atoms with Gasteiger partial charge in [0, 0.05) is 22.4 Å². The maximum absolute atomic E-state index is 12.0. The molecule has 0 spiro atoms. The van der Waals surface area contributed by atoms with Crippen LogP contribution in [0.1, 0.15) is 0 Å². The standard InChI is InChI=1S/2C6F5.Au/c2*7-2-1-3(8)5(10)6(11)4(2)9;/q2*-1;. The zero-order chi connectivity index (χ0) is 17.2. The summed E-state index contributed by atoms with van der Waals surface area (Å²) in [6.07, 6.45) is 0. The first-order chi connectivity index (χ1) is 10.1. The van der Waals surface area contributed by atoms with Crippen LogP contribution >= 0.6 is 0 Å². The van der Waals surface area contributed by atoms with Crippen LogP contribution in [0.3, 0.4) is 0 Å². The SMILES string of the molecule is Fc1[c-]c(F)c(F)c(F)c1F.Fc1[c-]c(F)c(F)c(F)c1F.[Au]. The molecule has 1 radical (unpaired) electrons. The van der Waals surface area contributed by atoms with Gasteiger partial charge in [-0.05, 0) is 0 Å². The van der Waals surface area contributed by atoms with E-state index < -0.39 is 58.2 Å². The maximum atomic E-state index is 12.0. The number of hydrogen-bond donors (Lipinski definition) is 0. The Morgan fingerprint density at radius 3 is 0.696 bits per heavy atom. The predicted molar refractivity (Wildman–Crippen MR) is 50.1 cm³/mol. The van der Waals surface area contributed by atoms with E-state index in [4.69, 9.17) is 0 Å². The van der Waals surface area contributed by atoms with Gasteiger partial charge in [0.25, 0.3) is 0 Å². The maximum Gasteiger partial charge on any atom is 0.0893 e. The minimum absolute atomic E-state index is 0. The minimum Gasteiger partial charge on any atom is -0.278 e. The van der Waals surface area contributed by atoms with Gasteiger partial charge < -0.3 is 0 Å². The van der Waals surface area contributed by atoms with Gasteiger partial charge in [-0.15, -0.1) is 12.1 Å². The zero-order valence-corrected chi connectivity index (χ0v) is 12.2. The van der Waals surface area contributed by atoms with Gasteiger partial charge in [0.15, 0.2) is 0 Å². The molecule has 0 unspecified atom stereocenters. The Morgan fingerprint density at radius 1 is 0.348 bits per heavy atom. The van der Waals surface area contributed by atoms with Gasteiger partial charge in [-0.3, -0.25) is 17.6 Å². The van der Waals surface area contributed by atoms with E-state index in [0.29, 0.717) is 0 Å². The molecule has 0 atom stereocenters. The molecule has 131 valence electrons. The number of rotatable bonds is 0. The summed E-state index contributed by atoms with van der Waals surface area (Å²) in [5.74, 6) is -20.1. The van der Waals surface area contributed by atoms with Crippen molar-refractivity contribution in [2.45, 2.75) is 0 Å². The third-order valence-corrected chi connectivity index (χ3v) is 1.98. The van der Waals surface area contributed by atoms with E-state index in [9.17, 15) is 43.9 Å². The molecule has 0 saturated carbocycles. The molecule has 0 bridgehead atoms. The predicted octanol–water partition coefficient (Wildman–Crippen LogP) is 4.36. The summed E-state index contributed by atoms with van der Waals surface area (Å²) in [5, 5.41) is 0. The second-order valence-electron chi connectivity index (χ2n) is 3.39. The van der Waals surface area contributed by atoms with E-state index >= 15 is 0 Å². The first-order valence-electron chi connectivity index (χ1n) is 4.89. The third-order valence-electron chi connectivity index (χ3n) is 1.98. The van der Waals surface area contributed by atoms with Crippen molar-refractivity contribution in [3.63, 3.8) is 0 Å². The summed E-state index contributed by atoms with van der Waals surface area (Å²) in [7, 11) is 0. The van der Waals surface area contributed by atoms with Crippen molar-refractivity contribution in [2.75, 3.05) is 0 Å². The van der Waals surface area contributed by atoms with Gasteiger partial charge in [0.1, 0.15) is 0 Å². The van der Waals surface area contributed by atoms with Crippen molar-refractivity contribution in [1.82, 2.24) is 0 Å². The summed E-state index contributed by atoms with van der Waals surface area (Å²) in [6, 6.07) is 2.05. The Bertz CT molecular complexity index is 602. The van der Waals surface area contributed by atoms with E-state index in [-0.39, 0.29) is 22.4 Å². The van der Waals surface area contributed by atoms with E-state index in [0.717, 1.165) is 12.1 Å². The molecule has 2 aromatic rings. The van der Waals surface area contributed by atoms with Gasteiger partial charge in [-0.25, -0.2) is 26.3 Å². The molecular weight excluding hydrogens is 531 g/mol. The van der Waals surface area contributed by atoms with Gasteiger partial charge >= 0.3 is 0 Å². The fourth-order valence-corrected chi connectivity index (χ4v) is 0.990. The second-order valence-corrected chi connectivity index (χ2v) is 3.39. The van der Waals surface area contributed by atoms with Crippen LogP contribution in [-0.4, -0.2) is 0 Å². The van der Waals surface area contributed by atoms with E-state index in [1.807, 2.05) is 0 Å². The Balaban J connectivity index is 0.000000403. The summed E-state index contributed by atoms with van der Waals surface area (Å²) in [4.78, 5) is 0. The fraction of sp³-hybridized carbons (Fsp3) is 0. The second kappa shape index (κ2) is 8.37. The molecule has 23 heavy (non-hydrogen) atoms. The van der Waals surface area contributed by atoms with Crippen LogP contribution in [0.15, 0.2) is 0 Å². The quantitative estimate of drug-likeness (QED) is 0.156. The summed E-state index contributed by atoms with van der Waals surface area (Å²) >= 11 is 0. The molecular formula is C12AuF10-2. The van der Waals surface area contributed by atoms with E-state index in [2.05, 4.69) is 0 Å². The molecule has 0 amide bonds. The van der Waals surface area contributed by atoms with Gasteiger partial charge in [0.05, 0.1) is 58.2 Å². The van der Waals surface area contributed by atoms with E-state index in [1.54, 1.807) is 0 Å². The van der Waals surface area contributed by atoms with Crippen LogP contribution in [-0.2, 0) is 22.4 Å². The largest absolute Gasteiger partial charge is 0.278 e. The Hall–Kier alpha value is -1.52. The molecule has 0 aliphatic carbocycles. The molecule has 0 fully saturated rings. The van der Waals surface area contributed by atoms with Crippen molar-refractivity contribution < 1.29 is 66.3 Å². The molecule has 0 aliphatic rings. The van der Waals surface area contributed by atoms with Crippen LogP contribution in [0.4, 0.5) is 43.9 Å². The molecule has 2 aromatic carbocycles.